The second-order valence-electron chi connectivity index (χ2n) is 5.87. The first-order valence-corrected chi connectivity index (χ1v) is 8.55. The summed E-state index contributed by atoms with van der Waals surface area (Å²) in [7, 11) is 1.80. The summed E-state index contributed by atoms with van der Waals surface area (Å²) in [5.74, 6) is 1.29. The van der Waals surface area contributed by atoms with E-state index >= 15 is 0 Å². The van der Waals surface area contributed by atoms with Gasteiger partial charge in [-0.05, 0) is 31.7 Å². The highest BCUT2D eigenvalue weighted by molar-refractivity contribution is 6.32. The summed E-state index contributed by atoms with van der Waals surface area (Å²) >= 11 is 6.08. The molecule has 0 amide bonds. The van der Waals surface area contributed by atoms with Crippen molar-refractivity contribution in [2.45, 2.75) is 37.8 Å². The summed E-state index contributed by atoms with van der Waals surface area (Å²) in [5.41, 5.74) is 1.24. The molecule has 7 nitrogen and oxygen atoms in total. The standard InChI is InChI=1S/C17H19ClN6O/c1-20-15-16(18)22-10-23-17(15)24-12-3-5-13(6-4-12)25-14-7-2-11(8-19)9-21-14/h2,7,9-10,12-13,20H,3-6H2,1H3,(H,22,23,24). The molecular weight excluding hydrogens is 340 g/mol. The number of nitrogens with zero attached hydrogens (tertiary/aromatic N) is 4. The number of rotatable bonds is 5. The average Bonchev–Trinajstić information content (AvgIpc) is 2.64. The van der Waals surface area contributed by atoms with Gasteiger partial charge in [0.2, 0.25) is 5.88 Å². The van der Waals surface area contributed by atoms with Gasteiger partial charge < -0.3 is 15.4 Å². The fourth-order valence-electron chi connectivity index (χ4n) is 2.90. The van der Waals surface area contributed by atoms with E-state index in [1.165, 1.54) is 12.5 Å². The number of nitrogens with one attached hydrogen (secondary N) is 2. The maximum atomic E-state index is 8.80. The summed E-state index contributed by atoms with van der Waals surface area (Å²) in [6.07, 6.45) is 6.89. The number of hydrogen-bond donors (Lipinski definition) is 2. The third-order valence-corrected chi connectivity index (χ3v) is 4.51. The van der Waals surface area contributed by atoms with Crippen molar-refractivity contribution in [1.82, 2.24) is 15.0 Å². The highest BCUT2D eigenvalue weighted by Crippen LogP contribution is 2.29. The van der Waals surface area contributed by atoms with Crippen LogP contribution in [0.15, 0.2) is 24.7 Å². The number of aromatic nitrogens is 3. The lowest BCUT2D eigenvalue weighted by molar-refractivity contribution is 0.144. The fraction of sp³-hybridized carbons (Fsp3) is 0.412. The molecule has 1 saturated carbocycles. The number of ether oxygens (including phenoxy) is 1. The molecule has 25 heavy (non-hydrogen) atoms. The Kier molecular flexibility index (Phi) is 5.51. The summed E-state index contributed by atoms with van der Waals surface area (Å²) in [5, 5.41) is 15.7. The Hall–Kier alpha value is -2.59. The zero-order chi connectivity index (χ0) is 17.6. The van der Waals surface area contributed by atoms with Gasteiger partial charge in [0.15, 0.2) is 11.0 Å². The molecule has 0 spiro atoms. The molecule has 1 aliphatic carbocycles. The van der Waals surface area contributed by atoms with Crippen molar-refractivity contribution in [3.8, 4) is 11.9 Å². The van der Waals surface area contributed by atoms with Gasteiger partial charge in [0.05, 0.1) is 5.56 Å². The van der Waals surface area contributed by atoms with Crippen molar-refractivity contribution in [2.75, 3.05) is 17.7 Å². The van der Waals surface area contributed by atoms with Gasteiger partial charge in [-0.1, -0.05) is 11.6 Å². The second-order valence-corrected chi connectivity index (χ2v) is 6.23. The molecule has 2 aromatic heterocycles. The van der Waals surface area contributed by atoms with Crippen LogP contribution in [0, 0.1) is 11.3 Å². The molecule has 1 fully saturated rings. The van der Waals surface area contributed by atoms with Crippen molar-refractivity contribution < 1.29 is 4.74 Å². The zero-order valence-corrected chi connectivity index (χ0v) is 14.6. The number of anilines is 2. The van der Waals surface area contributed by atoms with Crippen molar-refractivity contribution >= 4 is 23.1 Å². The SMILES string of the molecule is CNc1c(Cl)ncnc1NC1CCC(Oc2ccc(C#N)cn2)CC1. The lowest BCUT2D eigenvalue weighted by Crippen LogP contribution is -2.31. The van der Waals surface area contributed by atoms with Crippen LogP contribution in [0.2, 0.25) is 5.15 Å². The molecule has 8 heteroatoms. The topological polar surface area (TPSA) is 95.8 Å². The number of nitriles is 1. The second kappa shape index (κ2) is 7.99. The van der Waals surface area contributed by atoms with Gasteiger partial charge in [0, 0.05) is 25.4 Å². The molecular formula is C17H19ClN6O. The minimum Gasteiger partial charge on any atom is -0.474 e. The molecule has 0 aromatic carbocycles. The third kappa shape index (κ3) is 4.28. The summed E-state index contributed by atoms with van der Waals surface area (Å²) in [6, 6.07) is 5.82. The maximum absolute atomic E-state index is 8.80. The molecule has 2 N–H and O–H groups in total. The van der Waals surface area contributed by atoms with Gasteiger partial charge in [-0.25, -0.2) is 15.0 Å². The molecule has 2 aromatic rings. The van der Waals surface area contributed by atoms with Gasteiger partial charge in [-0.3, -0.25) is 0 Å². The summed E-state index contributed by atoms with van der Waals surface area (Å²) in [4.78, 5) is 12.4. The van der Waals surface area contributed by atoms with Crippen LogP contribution in [0.4, 0.5) is 11.5 Å². The number of halogens is 1. The van der Waals surface area contributed by atoms with E-state index in [9.17, 15) is 0 Å². The zero-order valence-electron chi connectivity index (χ0n) is 13.9. The van der Waals surface area contributed by atoms with E-state index in [0.717, 1.165) is 31.5 Å². The maximum Gasteiger partial charge on any atom is 0.213 e. The Balaban J connectivity index is 1.53. The van der Waals surface area contributed by atoms with Crippen molar-refractivity contribution in [1.29, 1.82) is 5.26 Å². The molecule has 0 bridgehead atoms. The highest BCUT2D eigenvalue weighted by atomic mass is 35.5. The van der Waals surface area contributed by atoms with Crippen LogP contribution in [0.5, 0.6) is 5.88 Å². The van der Waals surface area contributed by atoms with Crippen LogP contribution in [0.3, 0.4) is 0 Å². The van der Waals surface area contributed by atoms with E-state index in [0.29, 0.717) is 28.3 Å². The van der Waals surface area contributed by atoms with Gasteiger partial charge in [-0.15, -0.1) is 0 Å². The first-order valence-electron chi connectivity index (χ1n) is 8.17. The summed E-state index contributed by atoms with van der Waals surface area (Å²) < 4.78 is 5.91. The predicted octanol–water partition coefficient (Wildman–Crippen LogP) is 3.24. The monoisotopic (exact) mass is 358 g/mol. The minimum absolute atomic E-state index is 0.135. The largest absolute Gasteiger partial charge is 0.474 e. The van der Waals surface area contributed by atoms with Crippen molar-refractivity contribution in [3.63, 3.8) is 0 Å². The molecule has 0 atom stereocenters. The first-order chi connectivity index (χ1) is 12.2. The van der Waals surface area contributed by atoms with E-state index < -0.39 is 0 Å². The Morgan fingerprint density at radius 2 is 2.00 bits per heavy atom. The minimum atomic E-state index is 0.135. The third-order valence-electron chi connectivity index (χ3n) is 4.22. The lowest BCUT2D eigenvalue weighted by atomic mass is 9.93. The normalized spacial score (nSPS) is 19.7. The van der Waals surface area contributed by atoms with E-state index in [2.05, 4.69) is 25.6 Å². The Labute approximate surface area is 151 Å². The van der Waals surface area contributed by atoms with Gasteiger partial charge >= 0.3 is 0 Å². The van der Waals surface area contributed by atoms with E-state index in [1.54, 1.807) is 19.2 Å². The quantitative estimate of drug-likeness (QED) is 0.792. The van der Waals surface area contributed by atoms with E-state index in [-0.39, 0.29) is 6.10 Å². The number of hydrogen-bond acceptors (Lipinski definition) is 7. The Bertz CT molecular complexity index is 753. The van der Waals surface area contributed by atoms with Crippen LogP contribution >= 0.6 is 11.6 Å². The average molecular weight is 359 g/mol. The van der Waals surface area contributed by atoms with E-state index in [4.69, 9.17) is 21.6 Å². The smallest absolute Gasteiger partial charge is 0.213 e. The lowest BCUT2D eigenvalue weighted by Gasteiger charge is -2.30. The molecule has 0 saturated heterocycles. The van der Waals surface area contributed by atoms with Crippen molar-refractivity contribution in [3.05, 3.63) is 35.4 Å². The van der Waals surface area contributed by atoms with E-state index in [1.807, 2.05) is 6.07 Å². The van der Waals surface area contributed by atoms with Crippen molar-refractivity contribution in [2.24, 2.45) is 0 Å². The van der Waals surface area contributed by atoms with Gasteiger partial charge in [-0.2, -0.15) is 5.26 Å². The van der Waals surface area contributed by atoms with Gasteiger partial charge in [0.1, 0.15) is 24.2 Å². The molecule has 0 radical (unpaired) electrons. The fourth-order valence-corrected chi connectivity index (χ4v) is 3.13. The van der Waals surface area contributed by atoms with Crippen LogP contribution in [-0.4, -0.2) is 34.1 Å². The summed E-state index contributed by atoms with van der Waals surface area (Å²) in [6.45, 7) is 0. The Morgan fingerprint density at radius 3 is 2.64 bits per heavy atom. The predicted molar refractivity (Wildman–Crippen MR) is 95.8 cm³/mol. The van der Waals surface area contributed by atoms with Crippen LogP contribution in [-0.2, 0) is 0 Å². The Morgan fingerprint density at radius 1 is 1.20 bits per heavy atom. The molecule has 1 aliphatic rings. The molecule has 2 heterocycles. The molecule has 0 unspecified atom stereocenters. The van der Waals surface area contributed by atoms with Crippen LogP contribution in [0.1, 0.15) is 31.2 Å². The van der Waals surface area contributed by atoms with Crippen LogP contribution < -0.4 is 15.4 Å². The molecule has 3 rings (SSSR count). The number of pyridine rings is 1. The molecule has 0 aliphatic heterocycles. The van der Waals surface area contributed by atoms with Gasteiger partial charge in [0.25, 0.3) is 0 Å². The molecule has 130 valence electrons. The van der Waals surface area contributed by atoms with Crippen LogP contribution in [0.25, 0.3) is 0 Å². The first kappa shape index (κ1) is 17.2. The highest BCUT2D eigenvalue weighted by Gasteiger charge is 2.24.